The van der Waals surface area contributed by atoms with Crippen molar-refractivity contribution in [1.29, 1.82) is 0 Å². The number of carbonyl (C=O) groups is 2. The van der Waals surface area contributed by atoms with E-state index in [-0.39, 0.29) is 11.8 Å². The average Bonchev–Trinajstić information content (AvgIpc) is 2.69. The number of rotatable bonds is 9. The predicted octanol–water partition coefficient (Wildman–Crippen LogP) is 4.03. The molecular formula is C22H28N2O2S. The van der Waals surface area contributed by atoms with Crippen LogP contribution in [0.2, 0.25) is 0 Å². The summed E-state index contributed by atoms with van der Waals surface area (Å²) in [7, 11) is 1.62. The van der Waals surface area contributed by atoms with Gasteiger partial charge in [0.2, 0.25) is 11.8 Å². The van der Waals surface area contributed by atoms with Gasteiger partial charge in [0, 0.05) is 30.7 Å². The molecule has 2 amide bonds. The van der Waals surface area contributed by atoms with Gasteiger partial charge >= 0.3 is 0 Å². The zero-order chi connectivity index (χ0) is 19.6. The Hall–Kier alpha value is -2.27. The topological polar surface area (TPSA) is 49.4 Å². The molecule has 0 heterocycles. The third-order valence-corrected chi connectivity index (χ3v) is 5.58. The lowest BCUT2D eigenvalue weighted by Crippen LogP contribution is -2.48. The fraction of sp³-hybridized carbons (Fsp3) is 0.364. The predicted molar refractivity (Wildman–Crippen MR) is 112 cm³/mol. The molecule has 2 aromatic carbocycles. The molecule has 0 aliphatic heterocycles. The molecule has 4 nitrogen and oxygen atoms in total. The van der Waals surface area contributed by atoms with Crippen LogP contribution in [0, 0.1) is 6.92 Å². The fourth-order valence-electron chi connectivity index (χ4n) is 2.97. The molecule has 1 N–H and O–H groups in total. The lowest BCUT2D eigenvalue weighted by atomic mass is 10.1. The second kappa shape index (κ2) is 10.8. The molecule has 2 aromatic rings. The number of carbonyl (C=O) groups excluding carboxylic acids is 2. The fourth-order valence-corrected chi connectivity index (χ4v) is 3.84. The normalized spacial score (nSPS) is 11.7. The molecule has 0 aliphatic carbocycles. The Balaban J connectivity index is 2.11. The zero-order valence-corrected chi connectivity index (χ0v) is 17.1. The quantitative estimate of drug-likeness (QED) is 0.664. The van der Waals surface area contributed by atoms with Gasteiger partial charge in [-0.05, 0) is 36.6 Å². The van der Waals surface area contributed by atoms with Gasteiger partial charge in [0.1, 0.15) is 6.04 Å². The Bertz CT molecular complexity index is 749. The molecular weight excluding hydrogens is 356 g/mol. The van der Waals surface area contributed by atoms with Gasteiger partial charge in [0.15, 0.2) is 0 Å². The number of hydrogen-bond donors (Lipinski definition) is 1. The monoisotopic (exact) mass is 384 g/mol. The highest BCUT2D eigenvalue weighted by Crippen LogP contribution is 2.20. The number of thioether (sulfide) groups is 1. The van der Waals surface area contributed by atoms with E-state index in [1.54, 1.807) is 23.7 Å². The van der Waals surface area contributed by atoms with Gasteiger partial charge in [0.05, 0.1) is 0 Å². The van der Waals surface area contributed by atoms with Crippen LogP contribution in [-0.2, 0) is 16.1 Å². The van der Waals surface area contributed by atoms with Gasteiger partial charge in [-0.1, -0.05) is 49.4 Å². The van der Waals surface area contributed by atoms with Crippen LogP contribution < -0.4 is 5.32 Å². The molecule has 5 heteroatoms. The number of benzene rings is 2. The molecule has 0 aliphatic rings. The summed E-state index contributed by atoms with van der Waals surface area (Å²) in [4.78, 5) is 28.2. The number of nitrogens with one attached hydrogen (secondary N) is 1. The largest absolute Gasteiger partial charge is 0.357 e. The van der Waals surface area contributed by atoms with Crippen LogP contribution in [0.3, 0.4) is 0 Å². The van der Waals surface area contributed by atoms with E-state index in [0.29, 0.717) is 25.1 Å². The first kappa shape index (κ1) is 21.0. The molecule has 2 rings (SSSR count). The first-order chi connectivity index (χ1) is 13.1. The van der Waals surface area contributed by atoms with Crippen LogP contribution in [-0.4, -0.2) is 35.6 Å². The molecule has 0 saturated carbocycles. The first-order valence-corrected chi connectivity index (χ1v) is 10.3. The third kappa shape index (κ3) is 6.14. The minimum atomic E-state index is -0.455. The Morgan fingerprint density at radius 1 is 1.07 bits per heavy atom. The zero-order valence-electron chi connectivity index (χ0n) is 16.3. The summed E-state index contributed by atoms with van der Waals surface area (Å²) >= 11 is 1.66. The number of aryl methyl sites for hydroxylation is 1. The smallest absolute Gasteiger partial charge is 0.242 e. The molecule has 0 unspecified atom stereocenters. The Kier molecular flexibility index (Phi) is 8.40. The summed E-state index contributed by atoms with van der Waals surface area (Å²) in [5.41, 5.74) is 2.20. The summed E-state index contributed by atoms with van der Waals surface area (Å²) in [6, 6.07) is 17.6. The molecule has 0 aromatic heterocycles. The van der Waals surface area contributed by atoms with Gasteiger partial charge in [-0.3, -0.25) is 9.59 Å². The van der Waals surface area contributed by atoms with Crippen molar-refractivity contribution in [2.45, 2.75) is 44.2 Å². The minimum Gasteiger partial charge on any atom is -0.357 e. The van der Waals surface area contributed by atoms with Crippen LogP contribution >= 0.6 is 11.8 Å². The van der Waals surface area contributed by atoms with Crippen molar-refractivity contribution in [1.82, 2.24) is 10.2 Å². The Morgan fingerprint density at radius 2 is 1.74 bits per heavy atom. The van der Waals surface area contributed by atoms with Crippen molar-refractivity contribution in [3.05, 3.63) is 65.7 Å². The van der Waals surface area contributed by atoms with Gasteiger partial charge in [-0.15, -0.1) is 11.8 Å². The summed E-state index contributed by atoms with van der Waals surface area (Å²) in [6.07, 6.45) is 0.988. The van der Waals surface area contributed by atoms with Crippen LogP contribution in [0.1, 0.15) is 30.9 Å². The Labute approximate surface area is 166 Å². The SMILES string of the molecule is CC[C@@H](C(=O)NC)N(Cc1ccccc1C)C(=O)CCSc1ccccc1. The van der Waals surface area contributed by atoms with E-state index in [2.05, 4.69) is 5.32 Å². The molecule has 0 radical (unpaired) electrons. The second-order valence-corrected chi connectivity index (χ2v) is 7.57. The van der Waals surface area contributed by atoms with Gasteiger partial charge in [0.25, 0.3) is 0 Å². The number of nitrogens with zero attached hydrogens (tertiary/aromatic N) is 1. The highest BCUT2D eigenvalue weighted by Gasteiger charge is 2.27. The molecule has 144 valence electrons. The van der Waals surface area contributed by atoms with E-state index in [4.69, 9.17) is 0 Å². The van der Waals surface area contributed by atoms with E-state index in [9.17, 15) is 9.59 Å². The minimum absolute atomic E-state index is 0.0112. The molecule has 0 bridgehead atoms. The standard InChI is InChI=1S/C22H28N2O2S/c1-4-20(22(26)23-3)24(16-18-11-9-8-10-17(18)2)21(25)14-15-27-19-12-6-5-7-13-19/h5-13,20H,4,14-16H2,1-3H3,(H,23,26)/t20-/m0/s1. The maximum Gasteiger partial charge on any atom is 0.242 e. The molecule has 0 fully saturated rings. The van der Waals surface area contributed by atoms with Crippen molar-refractivity contribution < 1.29 is 9.59 Å². The van der Waals surface area contributed by atoms with E-state index in [1.165, 1.54) is 0 Å². The third-order valence-electron chi connectivity index (χ3n) is 4.56. The molecule has 0 saturated heterocycles. The van der Waals surface area contributed by atoms with Crippen molar-refractivity contribution in [3.63, 3.8) is 0 Å². The molecule has 27 heavy (non-hydrogen) atoms. The highest BCUT2D eigenvalue weighted by molar-refractivity contribution is 7.99. The van der Waals surface area contributed by atoms with Crippen molar-refractivity contribution in [2.24, 2.45) is 0 Å². The van der Waals surface area contributed by atoms with Crippen molar-refractivity contribution in [3.8, 4) is 0 Å². The van der Waals surface area contributed by atoms with E-state index >= 15 is 0 Å². The summed E-state index contributed by atoms with van der Waals surface area (Å²) in [6.45, 7) is 4.42. The van der Waals surface area contributed by atoms with Gasteiger partial charge < -0.3 is 10.2 Å². The Morgan fingerprint density at radius 3 is 2.37 bits per heavy atom. The number of likely N-dealkylation sites (N-methyl/N-ethyl adjacent to an activating group) is 1. The van der Waals surface area contributed by atoms with E-state index in [0.717, 1.165) is 16.0 Å². The number of amides is 2. The molecule has 1 atom stereocenters. The lowest BCUT2D eigenvalue weighted by Gasteiger charge is -2.30. The summed E-state index contributed by atoms with van der Waals surface area (Å²) in [5, 5.41) is 2.70. The van der Waals surface area contributed by atoms with Crippen LogP contribution in [0.4, 0.5) is 0 Å². The first-order valence-electron chi connectivity index (χ1n) is 9.30. The maximum absolute atomic E-state index is 13.0. The van der Waals surface area contributed by atoms with Crippen LogP contribution in [0.25, 0.3) is 0 Å². The maximum atomic E-state index is 13.0. The van der Waals surface area contributed by atoms with Gasteiger partial charge in [-0.2, -0.15) is 0 Å². The lowest BCUT2D eigenvalue weighted by molar-refractivity contribution is -0.140. The highest BCUT2D eigenvalue weighted by atomic mass is 32.2. The molecule has 0 spiro atoms. The number of hydrogen-bond acceptors (Lipinski definition) is 3. The van der Waals surface area contributed by atoms with Crippen molar-refractivity contribution in [2.75, 3.05) is 12.8 Å². The van der Waals surface area contributed by atoms with Crippen molar-refractivity contribution >= 4 is 23.6 Å². The van der Waals surface area contributed by atoms with E-state index < -0.39 is 6.04 Å². The van der Waals surface area contributed by atoms with Gasteiger partial charge in [-0.25, -0.2) is 0 Å². The van der Waals surface area contributed by atoms with Crippen LogP contribution in [0.15, 0.2) is 59.5 Å². The summed E-state index contributed by atoms with van der Waals surface area (Å²) in [5.74, 6) is 0.587. The average molecular weight is 385 g/mol. The second-order valence-electron chi connectivity index (χ2n) is 6.40. The summed E-state index contributed by atoms with van der Waals surface area (Å²) < 4.78 is 0. The van der Waals surface area contributed by atoms with Crippen LogP contribution in [0.5, 0.6) is 0 Å². The van der Waals surface area contributed by atoms with E-state index in [1.807, 2.05) is 68.4 Å².